The van der Waals surface area contributed by atoms with Crippen molar-refractivity contribution >= 4 is 27.3 Å². The number of hydrogen-bond acceptors (Lipinski definition) is 4. The van der Waals surface area contributed by atoms with Crippen molar-refractivity contribution in [2.45, 2.75) is 18.0 Å². The number of sulfonamides is 1. The summed E-state index contributed by atoms with van der Waals surface area (Å²) in [4.78, 5) is 10.9. The zero-order valence-corrected chi connectivity index (χ0v) is 14.8. The highest BCUT2D eigenvalue weighted by Crippen LogP contribution is 2.34. The van der Waals surface area contributed by atoms with Crippen LogP contribution in [0.5, 0.6) is 5.75 Å². The summed E-state index contributed by atoms with van der Waals surface area (Å²) in [5.41, 5.74) is -2.01. The summed E-state index contributed by atoms with van der Waals surface area (Å²) in [6, 6.07) is 5.21. The molecule has 0 radical (unpaired) electrons. The Kier molecular flexibility index (Phi) is 5.64. The molecule has 0 saturated heterocycles. The lowest BCUT2D eigenvalue weighted by Crippen LogP contribution is -2.16. The normalized spacial score (nSPS) is 11.8. The maximum Gasteiger partial charge on any atom is 0.419 e. The Labute approximate surface area is 152 Å². The summed E-state index contributed by atoms with van der Waals surface area (Å²) in [6.07, 6.45) is -4.98. The Morgan fingerprint density at radius 2 is 1.78 bits per heavy atom. The van der Waals surface area contributed by atoms with Crippen molar-refractivity contribution in [2.75, 3.05) is 17.1 Å². The zero-order valence-electron chi connectivity index (χ0n) is 14.0. The van der Waals surface area contributed by atoms with Crippen molar-refractivity contribution in [3.8, 4) is 5.75 Å². The van der Waals surface area contributed by atoms with Crippen molar-refractivity contribution in [1.82, 2.24) is 0 Å². The number of carbonyl (C=O) groups excluding carboxylic acids is 1. The van der Waals surface area contributed by atoms with Crippen molar-refractivity contribution in [2.24, 2.45) is 0 Å². The number of carbonyl (C=O) groups is 1. The highest BCUT2D eigenvalue weighted by molar-refractivity contribution is 7.92. The molecule has 146 valence electrons. The minimum Gasteiger partial charge on any atom is -0.495 e. The Balaban J connectivity index is 2.41. The second kappa shape index (κ2) is 7.43. The maximum atomic E-state index is 13.3. The monoisotopic (exact) mass is 406 g/mol. The average Bonchev–Trinajstić information content (AvgIpc) is 2.54. The van der Waals surface area contributed by atoms with E-state index in [1.807, 2.05) is 4.72 Å². The average molecular weight is 406 g/mol. The number of alkyl halides is 3. The third-order valence-electron chi connectivity index (χ3n) is 3.32. The van der Waals surface area contributed by atoms with Gasteiger partial charge >= 0.3 is 6.18 Å². The van der Waals surface area contributed by atoms with Gasteiger partial charge in [-0.25, -0.2) is 12.8 Å². The Bertz CT molecular complexity index is 975. The molecular weight excluding hydrogens is 392 g/mol. The summed E-state index contributed by atoms with van der Waals surface area (Å²) < 4.78 is 83.5. The molecule has 27 heavy (non-hydrogen) atoms. The van der Waals surface area contributed by atoms with Gasteiger partial charge in [0.2, 0.25) is 5.91 Å². The third kappa shape index (κ3) is 4.88. The van der Waals surface area contributed by atoms with Crippen LogP contribution in [-0.2, 0) is 21.0 Å². The second-order valence-electron chi connectivity index (χ2n) is 5.34. The minimum atomic E-state index is -4.98. The Hall–Kier alpha value is -2.82. The molecule has 0 saturated carbocycles. The van der Waals surface area contributed by atoms with Crippen molar-refractivity contribution in [1.29, 1.82) is 0 Å². The highest BCUT2D eigenvalue weighted by Gasteiger charge is 2.34. The van der Waals surface area contributed by atoms with E-state index >= 15 is 0 Å². The molecule has 0 aromatic heterocycles. The number of ether oxygens (including phenoxy) is 1. The molecule has 1 amide bonds. The second-order valence-corrected chi connectivity index (χ2v) is 7.02. The summed E-state index contributed by atoms with van der Waals surface area (Å²) in [5, 5.41) is 2.38. The van der Waals surface area contributed by atoms with Gasteiger partial charge in [-0.1, -0.05) is 0 Å². The van der Waals surface area contributed by atoms with Crippen LogP contribution in [0.1, 0.15) is 12.5 Å². The first kappa shape index (κ1) is 20.5. The molecule has 2 aromatic rings. The minimum absolute atomic E-state index is 0.0583. The lowest BCUT2D eigenvalue weighted by molar-refractivity contribution is -0.139. The smallest absolute Gasteiger partial charge is 0.419 e. The van der Waals surface area contributed by atoms with E-state index < -0.39 is 39.2 Å². The van der Waals surface area contributed by atoms with E-state index in [2.05, 4.69) is 5.32 Å². The number of hydrogen-bond donors (Lipinski definition) is 2. The highest BCUT2D eigenvalue weighted by atomic mass is 32.2. The fourth-order valence-corrected chi connectivity index (χ4v) is 3.24. The molecule has 11 heteroatoms. The number of nitrogens with one attached hydrogen (secondary N) is 2. The molecule has 0 unspecified atom stereocenters. The predicted molar refractivity (Wildman–Crippen MR) is 89.5 cm³/mol. The summed E-state index contributed by atoms with van der Waals surface area (Å²) >= 11 is 0. The van der Waals surface area contributed by atoms with Crippen LogP contribution in [-0.4, -0.2) is 21.4 Å². The third-order valence-corrected chi connectivity index (χ3v) is 4.69. The van der Waals surface area contributed by atoms with Crippen LogP contribution in [0.25, 0.3) is 0 Å². The van der Waals surface area contributed by atoms with Crippen LogP contribution in [0.15, 0.2) is 41.3 Å². The SMILES string of the molecule is COc1ccc(S(=O)(=O)Nc2ccc(F)c(C(F)(F)F)c2)cc1NC(C)=O. The van der Waals surface area contributed by atoms with Gasteiger partial charge in [-0.3, -0.25) is 9.52 Å². The van der Waals surface area contributed by atoms with Crippen LogP contribution < -0.4 is 14.8 Å². The van der Waals surface area contributed by atoms with E-state index in [0.29, 0.717) is 12.1 Å². The first-order valence-electron chi connectivity index (χ1n) is 7.29. The van der Waals surface area contributed by atoms with Crippen molar-refractivity contribution < 1.29 is 35.5 Å². The van der Waals surface area contributed by atoms with E-state index in [1.54, 1.807) is 0 Å². The number of rotatable bonds is 5. The van der Waals surface area contributed by atoms with Gasteiger partial charge in [0.05, 0.1) is 23.3 Å². The first-order valence-corrected chi connectivity index (χ1v) is 8.77. The summed E-state index contributed by atoms with van der Waals surface area (Å²) in [5.74, 6) is -1.82. The molecule has 0 heterocycles. The van der Waals surface area contributed by atoms with Crippen molar-refractivity contribution in [3.05, 3.63) is 47.8 Å². The summed E-state index contributed by atoms with van der Waals surface area (Å²) in [7, 11) is -3.01. The fourth-order valence-electron chi connectivity index (χ4n) is 2.16. The quantitative estimate of drug-likeness (QED) is 0.743. The Morgan fingerprint density at radius 1 is 1.11 bits per heavy atom. The van der Waals surface area contributed by atoms with Gasteiger partial charge < -0.3 is 10.1 Å². The topological polar surface area (TPSA) is 84.5 Å². The maximum absolute atomic E-state index is 13.3. The number of benzene rings is 2. The molecule has 2 rings (SSSR count). The molecule has 0 aliphatic rings. The molecule has 0 fully saturated rings. The fraction of sp³-hybridized carbons (Fsp3) is 0.188. The van der Waals surface area contributed by atoms with Crippen LogP contribution in [0.2, 0.25) is 0 Å². The molecule has 0 aliphatic carbocycles. The largest absolute Gasteiger partial charge is 0.495 e. The Morgan fingerprint density at radius 3 is 2.33 bits per heavy atom. The van der Waals surface area contributed by atoms with E-state index in [-0.39, 0.29) is 16.3 Å². The number of halogens is 4. The van der Waals surface area contributed by atoms with Crippen LogP contribution in [0.4, 0.5) is 28.9 Å². The van der Waals surface area contributed by atoms with E-state index in [9.17, 15) is 30.8 Å². The van der Waals surface area contributed by atoms with Gasteiger partial charge in [-0.15, -0.1) is 0 Å². The first-order chi connectivity index (χ1) is 12.4. The molecule has 2 aromatic carbocycles. The van der Waals surface area contributed by atoms with E-state index in [1.165, 1.54) is 20.1 Å². The lowest BCUT2D eigenvalue weighted by Gasteiger charge is -2.14. The van der Waals surface area contributed by atoms with Gasteiger partial charge in [-0.05, 0) is 36.4 Å². The van der Waals surface area contributed by atoms with Crippen LogP contribution >= 0.6 is 0 Å². The number of methoxy groups -OCH3 is 1. The molecule has 2 N–H and O–H groups in total. The molecule has 0 aliphatic heterocycles. The standard InChI is InChI=1S/C16H14F4N2O4S/c1-9(23)21-14-8-11(4-6-15(14)26-2)27(24,25)22-10-3-5-13(17)12(7-10)16(18,19)20/h3-8,22H,1-2H3,(H,21,23). The predicted octanol–water partition coefficient (Wildman–Crippen LogP) is 3.61. The summed E-state index contributed by atoms with van der Waals surface area (Å²) in [6.45, 7) is 1.20. The van der Waals surface area contributed by atoms with Gasteiger partial charge in [-0.2, -0.15) is 13.2 Å². The van der Waals surface area contributed by atoms with Gasteiger partial charge in [0, 0.05) is 12.6 Å². The van der Waals surface area contributed by atoms with Gasteiger partial charge in [0.15, 0.2) is 0 Å². The van der Waals surface area contributed by atoms with Crippen LogP contribution in [0, 0.1) is 5.82 Å². The molecule has 6 nitrogen and oxygen atoms in total. The van der Waals surface area contributed by atoms with Gasteiger partial charge in [0.25, 0.3) is 10.0 Å². The number of anilines is 2. The van der Waals surface area contributed by atoms with E-state index in [4.69, 9.17) is 4.74 Å². The number of amides is 1. The molecule has 0 spiro atoms. The lowest BCUT2D eigenvalue weighted by atomic mass is 10.2. The van der Waals surface area contributed by atoms with Crippen molar-refractivity contribution in [3.63, 3.8) is 0 Å². The van der Waals surface area contributed by atoms with Gasteiger partial charge in [0.1, 0.15) is 11.6 Å². The van der Waals surface area contributed by atoms with Crippen LogP contribution in [0.3, 0.4) is 0 Å². The molecular formula is C16H14F4N2O4S. The molecule has 0 atom stereocenters. The van der Waals surface area contributed by atoms with E-state index in [0.717, 1.165) is 18.2 Å². The molecule has 0 bridgehead atoms. The zero-order chi connectivity index (χ0) is 20.4.